The van der Waals surface area contributed by atoms with Crippen molar-refractivity contribution >= 4 is 17.6 Å². The van der Waals surface area contributed by atoms with Gasteiger partial charge in [0, 0.05) is 10.6 Å². The quantitative estimate of drug-likeness (QED) is 0.811. The van der Waals surface area contributed by atoms with E-state index >= 15 is 0 Å². The number of rotatable bonds is 4. The van der Waals surface area contributed by atoms with Crippen LogP contribution >= 0.6 is 11.6 Å². The van der Waals surface area contributed by atoms with Crippen LogP contribution in [0.3, 0.4) is 0 Å². The maximum Gasteiger partial charge on any atom is 0.321 e. The van der Waals surface area contributed by atoms with Crippen molar-refractivity contribution in [1.29, 1.82) is 0 Å². The fourth-order valence-corrected chi connectivity index (χ4v) is 2.25. The molecule has 0 radical (unpaired) electrons. The van der Waals surface area contributed by atoms with Crippen molar-refractivity contribution in [3.05, 3.63) is 35.2 Å². The van der Waals surface area contributed by atoms with Crippen molar-refractivity contribution in [2.75, 3.05) is 6.61 Å². The second-order valence-corrected chi connectivity index (χ2v) is 5.17. The minimum absolute atomic E-state index is 0.290. The Hall–Kier alpha value is -1.88. The molecule has 6 heteroatoms. The van der Waals surface area contributed by atoms with Crippen LogP contribution in [0.5, 0.6) is 0 Å². The highest BCUT2D eigenvalue weighted by molar-refractivity contribution is 6.30. The summed E-state index contributed by atoms with van der Waals surface area (Å²) >= 11 is 5.94. The summed E-state index contributed by atoms with van der Waals surface area (Å²) in [5.41, 5.74) is 0.0204. The summed E-state index contributed by atoms with van der Waals surface area (Å²) in [7, 11) is 0. The molecule has 104 valence electrons. The summed E-state index contributed by atoms with van der Waals surface area (Å²) in [6, 6.07) is 7.17. The molecule has 0 spiro atoms. The molecule has 0 unspecified atom stereocenters. The predicted molar refractivity (Wildman–Crippen MR) is 72.3 cm³/mol. The van der Waals surface area contributed by atoms with E-state index in [-0.39, 0.29) is 5.97 Å². The lowest BCUT2D eigenvalue weighted by atomic mass is 10.1. The van der Waals surface area contributed by atoms with Crippen LogP contribution in [0.1, 0.15) is 25.7 Å². The number of carbonyl (C=O) groups is 1. The molecule has 0 amide bonds. The lowest BCUT2D eigenvalue weighted by Crippen LogP contribution is -2.23. The lowest BCUT2D eigenvalue weighted by Gasteiger charge is -2.07. The van der Waals surface area contributed by atoms with Crippen molar-refractivity contribution in [3.8, 4) is 11.4 Å². The molecule has 2 aromatic rings. The van der Waals surface area contributed by atoms with E-state index in [0.717, 1.165) is 5.56 Å². The van der Waals surface area contributed by atoms with Crippen LogP contribution in [0.25, 0.3) is 11.4 Å². The molecule has 1 fully saturated rings. The van der Waals surface area contributed by atoms with Crippen molar-refractivity contribution in [2.45, 2.75) is 25.2 Å². The zero-order valence-electron chi connectivity index (χ0n) is 10.9. The second kappa shape index (κ2) is 4.90. The minimum Gasteiger partial charge on any atom is -0.465 e. The largest absolute Gasteiger partial charge is 0.465 e. The normalized spacial score (nSPS) is 15.9. The van der Waals surface area contributed by atoms with E-state index in [1.165, 1.54) is 0 Å². The highest BCUT2D eigenvalue weighted by Crippen LogP contribution is 2.48. The van der Waals surface area contributed by atoms with Crippen LogP contribution in [0.2, 0.25) is 5.02 Å². The highest BCUT2D eigenvalue weighted by atomic mass is 35.5. The van der Waals surface area contributed by atoms with Gasteiger partial charge in [-0.05, 0) is 31.9 Å². The van der Waals surface area contributed by atoms with E-state index in [9.17, 15) is 4.79 Å². The number of esters is 1. The van der Waals surface area contributed by atoms with Gasteiger partial charge in [-0.3, -0.25) is 4.79 Å². The third kappa shape index (κ3) is 2.18. The summed E-state index contributed by atoms with van der Waals surface area (Å²) in [6.07, 6.45) is 1.37. The van der Waals surface area contributed by atoms with E-state index in [1.807, 2.05) is 12.1 Å². The summed E-state index contributed by atoms with van der Waals surface area (Å²) in [5, 5.41) is 4.52. The summed E-state index contributed by atoms with van der Waals surface area (Å²) in [6.45, 7) is 2.12. The van der Waals surface area contributed by atoms with Crippen molar-refractivity contribution in [2.24, 2.45) is 0 Å². The smallest absolute Gasteiger partial charge is 0.321 e. The monoisotopic (exact) mass is 292 g/mol. The Morgan fingerprint density at radius 1 is 1.50 bits per heavy atom. The van der Waals surface area contributed by atoms with Gasteiger partial charge in [0.2, 0.25) is 11.7 Å². The van der Waals surface area contributed by atoms with Gasteiger partial charge in [-0.25, -0.2) is 0 Å². The predicted octanol–water partition coefficient (Wildman–Crippen LogP) is 2.98. The zero-order valence-corrected chi connectivity index (χ0v) is 11.7. The maximum atomic E-state index is 12.0. The Morgan fingerprint density at radius 3 is 2.95 bits per heavy atom. The molecule has 0 atom stereocenters. The maximum absolute atomic E-state index is 12.0. The highest BCUT2D eigenvalue weighted by Gasteiger charge is 2.57. The Balaban J connectivity index is 1.89. The molecule has 1 aliphatic rings. The molecule has 20 heavy (non-hydrogen) atoms. The minimum atomic E-state index is -0.736. The topological polar surface area (TPSA) is 65.2 Å². The molecule has 1 aromatic heterocycles. The van der Waals surface area contributed by atoms with Gasteiger partial charge >= 0.3 is 5.97 Å². The van der Waals surface area contributed by atoms with Crippen LogP contribution in [0.4, 0.5) is 0 Å². The summed E-state index contributed by atoms with van der Waals surface area (Å²) < 4.78 is 10.3. The number of nitrogens with zero attached hydrogens (tertiary/aromatic N) is 2. The first kappa shape index (κ1) is 13.1. The van der Waals surface area contributed by atoms with E-state index < -0.39 is 5.41 Å². The number of halogens is 1. The Morgan fingerprint density at radius 2 is 2.30 bits per heavy atom. The number of benzene rings is 1. The Bertz CT molecular complexity index is 649. The van der Waals surface area contributed by atoms with E-state index in [2.05, 4.69) is 10.1 Å². The van der Waals surface area contributed by atoms with Crippen molar-refractivity contribution in [3.63, 3.8) is 0 Å². The SMILES string of the molecule is CCOC(=O)C1(c2nc(-c3cccc(Cl)c3)no2)CC1. The first-order valence-corrected chi connectivity index (χ1v) is 6.81. The van der Waals surface area contributed by atoms with Crippen molar-refractivity contribution < 1.29 is 14.1 Å². The van der Waals surface area contributed by atoms with E-state index in [0.29, 0.717) is 36.2 Å². The molecule has 3 rings (SSSR count). The number of hydrogen-bond acceptors (Lipinski definition) is 5. The molecule has 0 bridgehead atoms. The molecule has 1 aromatic carbocycles. The molecule has 1 heterocycles. The lowest BCUT2D eigenvalue weighted by molar-refractivity contribution is -0.146. The zero-order chi connectivity index (χ0) is 14.2. The summed E-state index contributed by atoms with van der Waals surface area (Å²) in [5.74, 6) is 0.463. The first-order valence-electron chi connectivity index (χ1n) is 6.43. The van der Waals surface area contributed by atoms with Crippen LogP contribution in [-0.4, -0.2) is 22.7 Å². The van der Waals surface area contributed by atoms with Crippen LogP contribution in [0, 0.1) is 0 Å². The Labute approximate surface area is 120 Å². The number of ether oxygens (including phenoxy) is 1. The average molecular weight is 293 g/mol. The van der Waals surface area contributed by atoms with Gasteiger partial charge in [-0.15, -0.1) is 0 Å². The third-order valence-corrected chi connectivity index (χ3v) is 3.57. The van der Waals surface area contributed by atoms with Crippen molar-refractivity contribution in [1.82, 2.24) is 10.1 Å². The first-order chi connectivity index (χ1) is 9.65. The van der Waals surface area contributed by atoms with Gasteiger partial charge in [-0.2, -0.15) is 4.98 Å². The molecule has 0 saturated heterocycles. The number of aromatic nitrogens is 2. The van der Waals surface area contributed by atoms with E-state index in [1.54, 1.807) is 19.1 Å². The molecule has 0 aliphatic heterocycles. The number of carbonyl (C=O) groups excluding carboxylic acids is 1. The third-order valence-electron chi connectivity index (χ3n) is 3.33. The molecular weight excluding hydrogens is 280 g/mol. The van der Waals surface area contributed by atoms with Gasteiger partial charge in [0.25, 0.3) is 0 Å². The fourth-order valence-electron chi connectivity index (χ4n) is 2.06. The van der Waals surface area contributed by atoms with Gasteiger partial charge in [-0.1, -0.05) is 28.9 Å². The van der Waals surface area contributed by atoms with E-state index in [4.69, 9.17) is 20.9 Å². The van der Waals surface area contributed by atoms with Crippen LogP contribution in [-0.2, 0) is 14.9 Å². The van der Waals surface area contributed by atoms with Gasteiger partial charge in [0.05, 0.1) is 6.61 Å². The van der Waals surface area contributed by atoms with Gasteiger partial charge in [0.1, 0.15) is 5.41 Å². The standard InChI is InChI=1S/C14H13ClN2O3/c1-2-19-13(18)14(6-7-14)12-16-11(17-20-12)9-4-3-5-10(15)8-9/h3-5,8H,2,6-7H2,1H3. The molecule has 0 N–H and O–H groups in total. The molecular formula is C14H13ClN2O3. The molecule has 5 nitrogen and oxygen atoms in total. The molecule has 1 saturated carbocycles. The number of hydrogen-bond donors (Lipinski definition) is 0. The van der Waals surface area contributed by atoms with Gasteiger partial charge < -0.3 is 9.26 Å². The molecule has 1 aliphatic carbocycles. The second-order valence-electron chi connectivity index (χ2n) is 4.74. The van der Waals surface area contributed by atoms with Crippen LogP contribution in [0.15, 0.2) is 28.8 Å². The average Bonchev–Trinajstić information content (AvgIpc) is 3.10. The Kier molecular flexibility index (Phi) is 3.22. The fraction of sp³-hybridized carbons (Fsp3) is 0.357. The summed E-state index contributed by atoms with van der Waals surface area (Å²) in [4.78, 5) is 16.3. The van der Waals surface area contributed by atoms with Gasteiger partial charge in [0.15, 0.2) is 0 Å². The van der Waals surface area contributed by atoms with Crippen LogP contribution < -0.4 is 0 Å².